The monoisotopic (exact) mass is 424 g/mol. The molecule has 2 aliphatic rings. The second-order valence-corrected chi connectivity index (χ2v) is 8.96. The van der Waals surface area contributed by atoms with Crippen molar-refractivity contribution in [1.29, 1.82) is 5.26 Å². The fourth-order valence-corrected chi connectivity index (χ4v) is 5.50. The second kappa shape index (κ2) is 9.50. The topological polar surface area (TPSA) is 68.6 Å². The van der Waals surface area contributed by atoms with E-state index in [1.165, 1.54) is 22.5 Å². The summed E-state index contributed by atoms with van der Waals surface area (Å²) in [4.78, 5) is 18.5. The number of ether oxygens (including phenoxy) is 1. The lowest BCUT2D eigenvalue weighted by Crippen LogP contribution is -2.47. The minimum absolute atomic E-state index is 0.00248. The molecule has 1 saturated heterocycles. The second-order valence-electron chi connectivity index (χ2n) is 7.85. The summed E-state index contributed by atoms with van der Waals surface area (Å²) in [5, 5.41) is 13.3. The minimum Gasteiger partial charge on any atom is -0.497 e. The Morgan fingerprint density at radius 2 is 1.90 bits per heavy atom. The first-order chi connectivity index (χ1) is 14.7. The van der Waals surface area contributed by atoms with Crippen LogP contribution in [-0.2, 0) is 17.6 Å². The predicted molar refractivity (Wildman–Crippen MR) is 121 cm³/mol. The molecule has 0 radical (unpaired) electrons. The van der Waals surface area contributed by atoms with Crippen molar-refractivity contribution in [2.75, 3.05) is 50.1 Å². The molecule has 30 heavy (non-hydrogen) atoms. The van der Waals surface area contributed by atoms with Gasteiger partial charge in [0, 0.05) is 49.7 Å². The first-order valence-electron chi connectivity index (χ1n) is 10.6. The van der Waals surface area contributed by atoms with Gasteiger partial charge in [0.15, 0.2) is 0 Å². The van der Waals surface area contributed by atoms with Gasteiger partial charge in [-0.1, -0.05) is 0 Å². The molecule has 7 heteroatoms. The van der Waals surface area contributed by atoms with Crippen LogP contribution in [0.2, 0.25) is 0 Å². The van der Waals surface area contributed by atoms with Gasteiger partial charge in [0.1, 0.15) is 16.8 Å². The van der Waals surface area contributed by atoms with Gasteiger partial charge in [0.05, 0.1) is 12.7 Å². The number of thiophene rings is 1. The summed E-state index contributed by atoms with van der Waals surface area (Å²) in [6, 6.07) is 10.5. The number of benzene rings is 1. The average molecular weight is 425 g/mol. The molecule has 0 unspecified atom stereocenters. The third-order valence-corrected chi connectivity index (χ3v) is 7.21. The largest absolute Gasteiger partial charge is 0.497 e. The summed E-state index contributed by atoms with van der Waals surface area (Å²) in [7, 11) is 1.68. The molecule has 0 saturated carbocycles. The first-order valence-corrected chi connectivity index (χ1v) is 11.5. The van der Waals surface area contributed by atoms with Crippen molar-refractivity contribution in [3.63, 3.8) is 0 Å². The number of nitrogens with zero attached hydrogens (tertiary/aromatic N) is 3. The number of carbonyl (C=O) groups excluding carboxylic acids is 1. The van der Waals surface area contributed by atoms with Crippen LogP contribution < -0.4 is 15.0 Å². The van der Waals surface area contributed by atoms with Crippen LogP contribution >= 0.6 is 11.3 Å². The highest BCUT2D eigenvalue weighted by Gasteiger charge is 2.22. The van der Waals surface area contributed by atoms with Crippen molar-refractivity contribution in [3.05, 3.63) is 40.3 Å². The summed E-state index contributed by atoms with van der Waals surface area (Å²) in [5.74, 6) is 0.872. The number of fused-ring (bicyclic) bond motifs is 1. The number of amides is 1. The highest BCUT2D eigenvalue weighted by molar-refractivity contribution is 7.16. The van der Waals surface area contributed by atoms with Crippen LogP contribution in [0.4, 0.5) is 10.7 Å². The highest BCUT2D eigenvalue weighted by atomic mass is 32.1. The summed E-state index contributed by atoms with van der Waals surface area (Å²) in [6.45, 7) is 4.52. The molecule has 1 amide bonds. The van der Waals surface area contributed by atoms with Crippen LogP contribution in [0.5, 0.6) is 5.75 Å². The van der Waals surface area contributed by atoms with E-state index >= 15 is 0 Å². The molecular weight excluding hydrogens is 396 g/mol. The van der Waals surface area contributed by atoms with Gasteiger partial charge in [0.2, 0.25) is 5.91 Å². The Labute approximate surface area is 182 Å². The molecule has 2 aromatic rings. The number of anilines is 2. The highest BCUT2D eigenvalue weighted by Crippen LogP contribution is 2.37. The summed E-state index contributed by atoms with van der Waals surface area (Å²) < 4.78 is 5.23. The Hall–Kier alpha value is -2.56. The Morgan fingerprint density at radius 1 is 1.17 bits per heavy atom. The molecule has 1 aliphatic heterocycles. The molecule has 1 aromatic carbocycles. The quantitative estimate of drug-likeness (QED) is 0.767. The zero-order valence-electron chi connectivity index (χ0n) is 17.4. The minimum atomic E-state index is 0.00248. The van der Waals surface area contributed by atoms with Gasteiger partial charge in [0.25, 0.3) is 0 Å². The van der Waals surface area contributed by atoms with Gasteiger partial charge in [-0.05, 0) is 55.5 Å². The van der Waals surface area contributed by atoms with Crippen LogP contribution in [0.15, 0.2) is 24.3 Å². The van der Waals surface area contributed by atoms with Gasteiger partial charge in [-0.25, -0.2) is 0 Å². The third-order valence-electron chi connectivity index (χ3n) is 6.00. The van der Waals surface area contributed by atoms with E-state index in [1.807, 2.05) is 12.1 Å². The van der Waals surface area contributed by atoms with Gasteiger partial charge in [-0.2, -0.15) is 5.26 Å². The number of nitriles is 1. The van der Waals surface area contributed by atoms with E-state index in [-0.39, 0.29) is 5.91 Å². The Balaban J connectivity index is 1.25. The number of rotatable bonds is 6. The van der Waals surface area contributed by atoms with E-state index < -0.39 is 0 Å². The average Bonchev–Trinajstić information content (AvgIpc) is 3.15. The number of carbonyl (C=O) groups is 1. The van der Waals surface area contributed by atoms with Crippen molar-refractivity contribution in [2.24, 2.45) is 0 Å². The number of hydrogen-bond acceptors (Lipinski definition) is 6. The first kappa shape index (κ1) is 20.7. The molecule has 0 bridgehead atoms. The molecular formula is C23H28N4O2S. The van der Waals surface area contributed by atoms with E-state index in [0.717, 1.165) is 62.7 Å². The standard InChI is InChI=1S/C23H28N4O2S/c1-29-18-8-6-17(7-9-18)27-14-12-26(13-15-27)11-10-22(28)25-23-20(16-24)19-4-2-3-5-21(19)30-23/h6-9H,2-5,10-15H2,1H3,(H,25,28). The summed E-state index contributed by atoms with van der Waals surface area (Å²) in [6.07, 6.45) is 4.75. The van der Waals surface area contributed by atoms with Crippen LogP contribution in [0.3, 0.4) is 0 Å². The van der Waals surface area contributed by atoms with E-state index in [0.29, 0.717) is 12.0 Å². The predicted octanol–water partition coefficient (Wildman–Crippen LogP) is 3.66. The van der Waals surface area contributed by atoms with Crippen molar-refractivity contribution >= 4 is 27.9 Å². The van der Waals surface area contributed by atoms with E-state index in [1.54, 1.807) is 18.4 Å². The molecule has 6 nitrogen and oxygen atoms in total. The van der Waals surface area contributed by atoms with Crippen molar-refractivity contribution in [2.45, 2.75) is 32.1 Å². The summed E-state index contributed by atoms with van der Waals surface area (Å²) in [5.41, 5.74) is 3.06. The molecule has 4 rings (SSSR count). The number of hydrogen-bond donors (Lipinski definition) is 1. The number of piperazine rings is 1. The van der Waals surface area contributed by atoms with Crippen LogP contribution in [0.1, 0.15) is 35.3 Å². The lowest BCUT2D eigenvalue weighted by Gasteiger charge is -2.36. The third kappa shape index (κ3) is 4.61. The normalized spacial score (nSPS) is 16.6. The maximum absolute atomic E-state index is 12.5. The zero-order valence-corrected chi connectivity index (χ0v) is 18.3. The van der Waals surface area contributed by atoms with Crippen LogP contribution in [-0.4, -0.2) is 50.6 Å². The van der Waals surface area contributed by atoms with Gasteiger partial charge < -0.3 is 15.0 Å². The molecule has 0 spiro atoms. The number of methoxy groups -OCH3 is 1. The lowest BCUT2D eigenvalue weighted by molar-refractivity contribution is -0.116. The van der Waals surface area contributed by atoms with E-state index in [4.69, 9.17) is 4.74 Å². The maximum atomic E-state index is 12.5. The van der Waals surface area contributed by atoms with Crippen LogP contribution in [0.25, 0.3) is 0 Å². The molecule has 158 valence electrons. The molecule has 1 aromatic heterocycles. The molecule has 2 heterocycles. The lowest BCUT2D eigenvalue weighted by atomic mass is 9.96. The zero-order chi connectivity index (χ0) is 20.9. The van der Waals surface area contributed by atoms with E-state index in [9.17, 15) is 10.1 Å². The SMILES string of the molecule is COc1ccc(N2CCN(CCC(=O)Nc3sc4c(c3C#N)CCCC4)CC2)cc1. The molecule has 1 fully saturated rings. The molecule has 1 N–H and O–H groups in total. The van der Waals surface area contributed by atoms with Crippen molar-refractivity contribution in [3.8, 4) is 11.8 Å². The fourth-order valence-electron chi connectivity index (χ4n) is 4.24. The Bertz CT molecular complexity index is 924. The van der Waals surface area contributed by atoms with Gasteiger partial charge >= 0.3 is 0 Å². The van der Waals surface area contributed by atoms with E-state index in [2.05, 4.69) is 33.3 Å². The summed E-state index contributed by atoms with van der Waals surface area (Å²) >= 11 is 1.59. The van der Waals surface area contributed by atoms with Gasteiger partial charge in [-0.3, -0.25) is 9.69 Å². The van der Waals surface area contributed by atoms with Crippen molar-refractivity contribution in [1.82, 2.24) is 4.90 Å². The van der Waals surface area contributed by atoms with Crippen LogP contribution in [0, 0.1) is 11.3 Å². The fraction of sp³-hybridized carbons (Fsp3) is 0.478. The number of nitrogens with one attached hydrogen (secondary N) is 1. The Kier molecular flexibility index (Phi) is 6.56. The van der Waals surface area contributed by atoms with Gasteiger partial charge in [-0.15, -0.1) is 11.3 Å². The smallest absolute Gasteiger partial charge is 0.226 e. The van der Waals surface area contributed by atoms with Crippen molar-refractivity contribution < 1.29 is 9.53 Å². The number of aryl methyl sites for hydroxylation is 1. The molecule has 0 atom stereocenters. The maximum Gasteiger partial charge on any atom is 0.226 e. The Morgan fingerprint density at radius 3 is 2.60 bits per heavy atom. The molecule has 1 aliphatic carbocycles.